The van der Waals surface area contributed by atoms with Gasteiger partial charge in [-0.2, -0.15) is 0 Å². The Morgan fingerprint density at radius 2 is 2.00 bits per heavy atom. The van der Waals surface area contributed by atoms with Crippen molar-refractivity contribution in [1.29, 1.82) is 0 Å². The normalized spacial score (nSPS) is 11.2. The molecule has 10 heteroatoms. The zero-order valence-electron chi connectivity index (χ0n) is 11.5. The van der Waals surface area contributed by atoms with E-state index < -0.39 is 10.0 Å². The highest BCUT2D eigenvalue weighted by molar-refractivity contribution is 8.00. The third-order valence-electron chi connectivity index (χ3n) is 2.46. The molecule has 2 rings (SSSR count). The van der Waals surface area contributed by atoms with Crippen LogP contribution in [0.1, 0.15) is 0 Å². The van der Waals surface area contributed by atoms with Gasteiger partial charge in [-0.25, -0.2) is 8.42 Å². The van der Waals surface area contributed by atoms with E-state index in [4.69, 9.17) is 9.47 Å². The number of rotatable bonds is 6. The van der Waals surface area contributed by atoms with Gasteiger partial charge in [-0.3, -0.25) is 4.72 Å². The molecule has 1 N–H and O–H groups in total. The van der Waals surface area contributed by atoms with Crippen LogP contribution in [0.5, 0.6) is 11.5 Å². The summed E-state index contributed by atoms with van der Waals surface area (Å²) in [4.78, 5) is -0.0229. The molecular formula is C11H13N3O4S3. The lowest BCUT2D eigenvalue weighted by molar-refractivity contribution is 0.392. The summed E-state index contributed by atoms with van der Waals surface area (Å²) in [5.41, 5.74) is 0. The van der Waals surface area contributed by atoms with Crippen LogP contribution >= 0.6 is 23.1 Å². The molecule has 1 aromatic heterocycles. The Hall–Kier alpha value is -1.52. The van der Waals surface area contributed by atoms with Crippen molar-refractivity contribution in [3.8, 4) is 11.5 Å². The fourth-order valence-corrected chi connectivity index (χ4v) is 4.08. The third-order valence-corrected chi connectivity index (χ3v) is 5.77. The van der Waals surface area contributed by atoms with Crippen LogP contribution in [0.2, 0.25) is 0 Å². The molecule has 0 fully saturated rings. The van der Waals surface area contributed by atoms with E-state index in [9.17, 15) is 8.42 Å². The van der Waals surface area contributed by atoms with Crippen LogP contribution in [0.4, 0.5) is 5.13 Å². The number of thioether (sulfide) groups is 1. The van der Waals surface area contributed by atoms with Crippen molar-refractivity contribution >= 4 is 38.3 Å². The summed E-state index contributed by atoms with van der Waals surface area (Å²) in [6, 6.07) is 4.53. The number of aromatic nitrogens is 2. The van der Waals surface area contributed by atoms with E-state index in [-0.39, 0.29) is 15.8 Å². The molecule has 0 aliphatic heterocycles. The van der Waals surface area contributed by atoms with E-state index in [0.29, 0.717) is 10.1 Å². The van der Waals surface area contributed by atoms with Crippen molar-refractivity contribution in [3.63, 3.8) is 0 Å². The summed E-state index contributed by atoms with van der Waals surface area (Å²) < 4.78 is 38.0. The van der Waals surface area contributed by atoms with Crippen molar-refractivity contribution in [1.82, 2.24) is 10.2 Å². The summed E-state index contributed by atoms with van der Waals surface area (Å²) in [5.74, 6) is 0.635. The highest BCUT2D eigenvalue weighted by Gasteiger charge is 2.22. The number of ether oxygens (including phenoxy) is 2. The van der Waals surface area contributed by atoms with Gasteiger partial charge in [-0.15, -0.1) is 10.2 Å². The molecule has 0 bridgehead atoms. The van der Waals surface area contributed by atoms with Gasteiger partial charge in [0.2, 0.25) is 5.13 Å². The fraction of sp³-hybridized carbons (Fsp3) is 0.273. The SMILES string of the molecule is COc1ccc(OC)c(S(=O)(=O)Nc2nnc(SC)s2)c1. The molecule has 1 aromatic carbocycles. The lowest BCUT2D eigenvalue weighted by atomic mass is 10.3. The van der Waals surface area contributed by atoms with Crippen molar-refractivity contribution < 1.29 is 17.9 Å². The van der Waals surface area contributed by atoms with E-state index in [1.807, 2.05) is 6.26 Å². The molecule has 0 spiro atoms. The summed E-state index contributed by atoms with van der Waals surface area (Å²) in [5, 5.41) is 7.82. The minimum Gasteiger partial charge on any atom is -0.497 e. The Morgan fingerprint density at radius 1 is 1.24 bits per heavy atom. The summed E-state index contributed by atoms with van der Waals surface area (Å²) in [6.07, 6.45) is 1.84. The van der Waals surface area contributed by atoms with Gasteiger partial charge in [0.05, 0.1) is 14.2 Å². The minimum atomic E-state index is -3.84. The molecular weight excluding hydrogens is 334 g/mol. The maximum Gasteiger partial charge on any atom is 0.267 e. The highest BCUT2D eigenvalue weighted by Crippen LogP contribution is 2.31. The molecule has 7 nitrogen and oxygen atoms in total. The summed E-state index contributed by atoms with van der Waals surface area (Å²) in [7, 11) is -0.980. The predicted octanol–water partition coefficient (Wildman–Crippen LogP) is 2.08. The maximum atomic E-state index is 12.4. The molecule has 0 saturated carbocycles. The van der Waals surface area contributed by atoms with E-state index in [0.717, 1.165) is 11.3 Å². The number of hydrogen-bond donors (Lipinski definition) is 1. The highest BCUT2D eigenvalue weighted by atomic mass is 32.2. The van der Waals surface area contributed by atoms with Crippen LogP contribution in [0.3, 0.4) is 0 Å². The Kier molecular flexibility index (Phi) is 4.91. The van der Waals surface area contributed by atoms with Crippen LogP contribution in [-0.4, -0.2) is 39.1 Å². The zero-order chi connectivity index (χ0) is 15.5. The predicted molar refractivity (Wildman–Crippen MR) is 82.0 cm³/mol. The van der Waals surface area contributed by atoms with Crippen molar-refractivity contribution in [2.45, 2.75) is 9.24 Å². The Morgan fingerprint density at radius 3 is 2.57 bits per heavy atom. The first-order valence-corrected chi connectivity index (χ1v) is 9.15. The van der Waals surface area contributed by atoms with Crippen molar-refractivity contribution in [2.75, 3.05) is 25.2 Å². The molecule has 2 aromatic rings. The second-order valence-electron chi connectivity index (χ2n) is 3.70. The Balaban J connectivity index is 2.38. The fourth-order valence-electron chi connectivity index (χ4n) is 1.50. The smallest absolute Gasteiger partial charge is 0.267 e. The van der Waals surface area contributed by atoms with E-state index in [1.165, 1.54) is 38.1 Å². The molecule has 0 unspecified atom stereocenters. The van der Waals surface area contributed by atoms with Gasteiger partial charge in [0.1, 0.15) is 16.4 Å². The van der Waals surface area contributed by atoms with Crippen LogP contribution in [0.15, 0.2) is 27.4 Å². The molecule has 1 heterocycles. The van der Waals surface area contributed by atoms with Crippen LogP contribution in [0.25, 0.3) is 0 Å². The van der Waals surface area contributed by atoms with E-state index >= 15 is 0 Å². The number of benzene rings is 1. The average molecular weight is 347 g/mol. The molecule has 0 aliphatic rings. The van der Waals surface area contributed by atoms with Gasteiger partial charge in [0, 0.05) is 6.07 Å². The summed E-state index contributed by atoms with van der Waals surface area (Å²) >= 11 is 2.55. The monoisotopic (exact) mass is 347 g/mol. The number of anilines is 1. The second-order valence-corrected chi connectivity index (χ2v) is 7.38. The largest absolute Gasteiger partial charge is 0.497 e. The third kappa shape index (κ3) is 3.57. The van der Waals surface area contributed by atoms with Crippen LogP contribution in [0, 0.1) is 0 Å². The molecule has 0 radical (unpaired) electrons. The van der Waals surface area contributed by atoms with E-state index in [2.05, 4.69) is 14.9 Å². The average Bonchev–Trinajstić information content (AvgIpc) is 2.93. The maximum absolute atomic E-state index is 12.4. The zero-order valence-corrected chi connectivity index (χ0v) is 13.9. The Labute approximate surface area is 130 Å². The Bertz CT molecular complexity index is 730. The molecule has 114 valence electrons. The molecule has 0 amide bonds. The molecule has 21 heavy (non-hydrogen) atoms. The first-order chi connectivity index (χ1) is 10.00. The molecule has 0 aliphatic carbocycles. The van der Waals surface area contributed by atoms with Crippen molar-refractivity contribution in [2.24, 2.45) is 0 Å². The number of hydrogen-bond acceptors (Lipinski definition) is 8. The van der Waals surface area contributed by atoms with Gasteiger partial charge >= 0.3 is 0 Å². The lowest BCUT2D eigenvalue weighted by Gasteiger charge is -2.11. The summed E-state index contributed by atoms with van der Waals surface area (Å²) in [6.45, 7) is 0. The van der Waals surface area contributed by atoms with Gasteiger partial charge in [0.15, 0.2) is 4.34 Å². The molecule has 0 saturated heterocycles. The van der Waals surface area contributed by atoms with Gasteiger partial charge < -0.3 is 9.47 Å². The van der Waals surface area contributed by atoms with Gasteiger partial charge in [-0.1, -0.05) is 23.1 Å². The number of sulfonamides is 1. The van der Waals surface area contributed by atoms with Gasteiger partial charge in [0.25, 0.3) is 10.0 Å². The number of nitrogens with one attached hydrogen (secondary N) is 1. The number of nitrogens with zero attached hydrogens (tertiary/aromatic N) is 2. The second kappa shape index (κ2) is 6.50. The van der Waals surface area contributed by atoms with Crippen LogP contribution < -0.4 is 14.2 Å². The minimum absolute atomic E-state index is 0.0229. The first kappa shape index (κ1) is 15.9. The molecule has 0 atom stereocenters. The standard InChI is InChI=1S/C11H13N3O4S3/c1-17-7-4-5-8(18-2)9(6-7)21(15,16)14-10-12-13-11(19-3)20-10/h4-6H,1-3H3,(H,12,14). The quantitative estimate of drug-likeness (QED) is 0.800. The first-order valence-electron chi connectivity index (χ1n) is 5.62. The number of methoxy groups -OCH3 is 2. The topological polar surface area (TPSA) is 90.4 Å². The van der Waals surface area contributed by atoms with Crippen molar-refractivity contribution in [3.05, 3.63) is 18.2 Å². The van der Waals surface area contributed by atoms with E-state index in [1.54, 1.807) is 6.07 Å². The van der Waals surface area contributed by atoms with Gasteiger partial charge in [-0.05, 0) is 18.4 Å². The van der Waals surface area contributed by atoms with Crippen LogP contribution in [-0.2, 0) is 10.0 Å². The lowest BCUT2D eigenvalue weighted by Crippen LogP contribution is -2.14.